The number of hydrogen-bond donors (Lipinski definition) is 1. The van der Waals surface area contributed by atoms with Gasteiger partial charge in [-0.15, -0.1) is 0 Å². The minimum atomic E-state index is 0.287. The van der Waals surface area contributed by atoms with Gasteiger partial charge in [0.1, 0.15) is 5.82 Å². The standard InChI is InChI=1S/C16H22N4O/c1-12-15(10-17)16(19-9-8-14(11-19)21-2)20(18-12)13-6-4-3-5-7-13/h3-7,14H,8-11,17H2,1-2H3. The highest BCUT2D eigenvalue weighted by molar-refractivity contribution is 5.56. The molecule has 0 radical (unpaired) electrons. The average molecular weight is 286 g/mol. The van der Waals surface area contributed by atoms with Crippen LogP contribution in [0.5, 0.6) is 0 Å². The maximum atomic E-state index is 5.97. The van der Waals surface area contributed by atoms with Crippen LogP contribution in [0.15, 0.2) is 30.3 Å². The molecule has 0 saturated carbocycles. The molecule has 1 aliphatic heterocycles. The summed E-state index contributed by atoms with van der Waals surface area (Å²) in [6, 6.07) is 10.2. The van der Waals surface area contributed by atoms with Crippen LogP contribution in [0.2, 0.25) is 0 Å². The van der Waals surface area contributed by atoms with Crippen molar-refractivity contribution in [2.75, 3.05) is 25.1 Å². The minimum Gasteiger partial charge on any atom is -0.380 e. The Kier molecular flexibility index (Phi) is 3.94. The summed E-state index contributed by atoms with van der Waals surface area (Å²) in [5.41, 5.74) is 9.15. The molecule has 1 fully saturated rings. The van der Waals surface area contributed by atoms with Crippen LogP contribution in [0.4, 0.5) is 5.82 Å². The molecule has 0 amide bonds. The second-order valence-corrected chi connectivity index (χ2v) is 5.43. The van der Waals surface area contributed by atoms with Gasteiger partial charge in [0.05, 0.1) is 17.5 Å². The average Bonchev–Trinajstić information content (AvgIpc) is 3.11. The molecule has 0 bridgehead atoms. The number of methoxy groups -OCH3 is 1. The number of ether oxygens (including phenoxy) is 1. The Morgan fingerprint density at radius 3 is 2.71 bits per heavy atom. The third kappa shape index (κ3) is 2.54. The van der Waals surface area contributed by atoms with Gasteiger partial charge in [0.25, 0.3) is 0 Å². The number of benzene rings is 1. The number of rotatable bonds is 4. The molecule has 1 aromatic carbocycles. The van der Waals surface area contributed by atoms with Gasteiger partial charge in [-0.05, 0) is 25.5 Å². The lowest BCUT2D eigenvalue weighted by Crippen LogP contribution is -2.26. The van der Waals surface area contributed by atoms with Gasteiger partial charge in [0, 0.05) is 32.3 Å². The first kappa shape index (κ1) is 14.1. The van der Waals surface area contributed by atoms with E-state index in [2.05, 4.69) is 17.0 Å². The fraction of sp³-hybridized carbons (Fsp3) is 0.438. The zero-order valence-electron chi connectivity index (χ0n) is 12.6. The lowest BCUT2D eigenvalue weighted by molar-refractivity contribution is 0.121. The van der Waals surface area contributed by atoms with Crippen molar-refractivity contribution in [2.24, 2.45) is 5.73 Å². The molecule has 0 aliphatic carbocycles. The summed E-state index contributed by atoms with van der Waals surface area (Å²) in [7, 11) is 1.78. The van der Waals surface area contributed by atoms with Gasteiger partial charge in [0.15, 0.2) is 0 Å². The molecule has 5 nitrogen and oxygen atoms in total. The highest BCUT2D eigenvalue weighted by Gasteiger charge is 2.28. The second-order valence-electron chi connectivity index (χ2n) is 5.43. The van der Waals surface area contributed by atoms with Gasteiger partial charge < -0.3 is 15.4 Å². The molecule has 1 saturated heterocycles. The largest absolute Gasteiger partial charge is 0.380 e. The number of aryl methyl sites for hydroxylation is 1. The normalized spacial score (nSPS) is 18.4. The van der Waals surface area contributed by atoms with E-state index in [0.29, 0.717) is 6.54 Å². The van der Waals surface area contributed by atoms with Gasteiger partial charge >= 0.3 is 0 Å². The number of hydrogen-bond acceptors (Lipinski definition) is 4. The summed E-state index contributed by atoms with van der Waals surface area (Å²) in [5, 5.41) is 4.70. The van der Waals surface area contributed by atoms with E-state index >= 15 is 0 Å². The van der Waals surface area contributed by atoms with Gasteiger partial charge in [-0.1, -0.05) is 18.2 Å². The monoisotopic (exact) mass is 286 g/mol. The van der Waals surface area contributed by atoms with Crippen LogP contribution in [0.25, 0.3) is 5.69 Å². The van der Waals surface area contributed by atoms with Crippen molar-refractivity contribution in [1.29, 1.82) is 0 Å². The van der Waals surface area contributed by atoms with Crippen molar-refractivity contribution < 1.29 is 4.74 Å². The van der Waals surface area contributed by atoms with Crippen LogP contribution >= 0.6 is 0 Å². The fourth-order valence-corrected chi connectivity index (χ4v) is 2.97. The predicted octanol–water partition coefficient (Wildman–Crippen LogP) is 1.86. The van der Waals surface area contributed by atoms with Crippen molar-refractivity contribution in [3.05, 3.63) is 41.6 Å². The molecule has 2 N–H and O–H groups in total. The zero-order chi connectivity index (χ0) is 14.8. The summed E-state index contributed by atoms with van der Waals surface area (Å²) in [6.07, 6.45) is 1.33. The molecule has 1 atom stereocenters. The number of nitrogens with zero attached hydrogens (tertiary/aromatic N) is 3. The third-order valence-corrected chi connectivity index (χ3v) is 4.14. The lowest BCUT2D eigenvalue weighted by Gasteiger charge is -2.21. The summed E-state index contributed by atoms with van der Waals surface area (Å²) < 4.78 is 7.50. The Hall–Kier alpha value is -1.85. The second kappa shape index (κ2) is 5.87. The minimum absolute atomic E-state index is 0.287. The predicted molar refractivity (Wildman–Crippen MR) is 83.8 cm³/mol. The molecule has 1 aliphatic rings. The van der Waals surface area contributed by atoms with E-state index < -0.39 is 0 Å². The molecule has 3 rings (SSSR count). The number of aromatic nitrogens is 2. The van der Waals surface area contributed by atoms with Gasteiger partial charge in [-0.25, -0.2) is 4.68 Å². The quantitative estimate of drug-likeness (QED) is 0.932. The Labute approximate surface area is 125 Å². The summed E-state index contributed by atoms with van der Waals surface area (Å²) in [6.45, 7) is 4.39. The zero-order valence-corrected chi connectivity index (χ0v) is 12.6. The maximum Gasteiger partial charge on any atom is 0.137 e. The number of anilines is 1. The van der Waals surface area contributed by atoms with E-state index in [-0.39, 0.29) is 6.10 Å². The van der Waals surface area contributed by atoms with Crippen molar-refractivity contribution in [3.8, 4) is 5.69 Å². The van der Waals surface area contributed by atoms with E-state index in [9.17, 15) is 0 Å². The lowest BCUT2D eigenvalue weighted by atomic mass is 10.2. The molecule has 1 unspecified atom stereocenters. The Bertz CT molecular complexity index is 608. The van der Waals surface area contributed by atoms with Gasteiger partial charge in [-0.3, -0.25) is 0 Å². The van der Waals surface area contributed by atoms with Crippen LogP contribution in [0.3, 0.4) is 0 Å². The first-order valence-corrected chi connectivity index (χ1v) is 7.36. The highest BCUT2D eigenvalue weighted by Crippen LogP contribution is 2.30. The van der Waals surface area contributed by atoms with E-state index in [4.69, 9.17) is 15.6 Å². The Balaban J connectivity index is 2.05. The SMILES string of the molecule is COC1CCN(c2c(CN)c(C)nn2-c2ccccc2)C1. The number of para-hydroxylation sites is 1. The smallest absolute Gasteiger partial charge is 0.137 e. The van der Waals surface area contributed by atoms with E-state index in [1.165, 1.54) is 0 Å². The molecular formula is C16H22N4O. The van der Waals surface area contributed by atoms with Gasteiger partial charge in [0.2, 0.25) is 0 Å². The summed E-state index contributed by atoms with van der Waals surface area (Å²) in [4.78, 5) is 2.34. The molecular weight excluding hydrogens is 264 g/mol. The van der Waals surface area contributed by atoms with Crippen molar-refractivity contribution in [3.63, 3.8) is 0 Å². The van der Waals surface area contributed by atoms with Crippen LogP contribution in [-0.2, 0) is 11.3 Å². The molecule has 1 aromatic heterocycles. The van der Waals surface area contributed by atoms with Gasteiger partial charge in [-0.2, -0.15) is 5.10 Å². The van der Waals surface area contributed by atoms with Crippen molar-refractivity contribution in [1.82, 2.24) is 9.78 Å². The molecule has 112 valence electrons. The highest BCUT2D eigenvalue weighted by atomic mass is 16.5. The third-order valence-electron chi connectivity index (χ3n) is 4.14. The van der Waals surface area contributed by atoms with Crippen LogP contribution < -0.4 is 10.6 Å². The number of nitrogens with two attached hydrogens (primary N) is 1. The molecule has 2 aromatic rings. The topological polar surface area (TPSA) is 56.3 Å². The van der Waals surface area contributed by atoms with Crippen molar-refractivity contribution >= 4 is 5.82 Å². The first-order chi connectivity index (χ1) is 10.2. The van der Waals surface area contributed by atoms with Crippen LogP contribution in [0.1, 0.15) is 17.7 Å². The van der Waals surface area contributed by atoms with Crippen LogP contribution in [-0.4, -0.2) is 36.1 Å². The summed E-state index contributed by atoms with van der Waals surface area (Å²) in [5.74, 6) is 1.11. The summed E-state index contributed by atoms with van der Waals surface area (Å²) >= 11 is 0. The van der Waals surface area contributed by atoms with Crippen molar-refractivity contribution in [2.45, 2.75) is 26.0 Å². The molecule has 0 spiro atoms. The maximum absolute atomic E-state index is 5.97. The molecule has 5 heteroatoms. The van der Waals surface area contributed by atoms with E-state index in [1.807, 2.05) is 29.8 Å². The molecule has 2 heterocycles. The van der Waals surface area contributed by atoms with E-state index in [0.717, 1.165) is 42.3 Å². The van der Waals surface area contributed by atoms with Crippen LogP contribution in [0, 0.1) is 6.92 Å². The molecule has 21 heavy (non-hydrogen) atoms. The Morgan fingerprint density at radius 2 is 2.10 bits per heavy atom. The fourth-order valence-electron chi connectivity index (χ4n) is 2.97. The Morgan fingerprint density at radius 1 is 1.33 bits per heavy atom. The first-order valence-electron chi connectivity index (χ1n) is 7.36. The van der Waals surface area contributed by atoms with E-state index in [1.54, 1.807) is 7.11 Å².